The molecule has 1 saturated heterocycles. The zero-order valence-corrected chi connectivity index (χ0v) is 14.9. The Labute approximate surface area is 150 Å². The fourth-order valence-corrected chi connectivity index (χ4v) is 4.15. The molecule has 1 amide bonds. The SMILES string of the molecule is COc1cccc2cc(/C=C3/SC(=NC4CCCCC4)NC3=O)oc12. The van der Waals surface area contributed by atoms with Crippen molar-refractivity contribution in [3.05, 3.63) is 34.9 Å². The monoisotopic (exact) mass is 356 g/mol. The van der Waals surface area contributed by atoms with Gasteiger partial charge in [-0.15, -0.1) is 0 Å². The Kier molecular flexibility index (Phi) is 4.53. The Morgan fingerprint density at radius 2 is 2.16 bits per heavy atom. The Balaban J connectivity index is 1.57. The quantitative estimate of drug-likeness (QED) is 0.831. The van der Waals surface area contributed by atoms with E-state index in [4.69, 9.17) is 14.1 Å². The lowest BCUT2D eigenvalue weighted by Gasteiger charge is -2.17. The van der Waals surface area contributed by atoms with E-state index in [0.717, 1.165) is 18.2 Å². The third-order valence-corrected chi connectivity index (χ3v) is 5.47. The molecule has 0 spiro atoms. The molecule has 1 aromatic carbocycles. The average molecular weight is 356 g/mol. The molecule has 130 valence electrons. The van der Waals surface area contributed by atoms with Crippen LogP contribution in [0.15, 0.2) is 38.6 Å². The number of benzene rings is 1. The Morgan fingerprint density at radius 1 is 1.32 bits per heavy atom. The maximum absolute atomic E-state index is 12.2. The number of nitrogens with zero attached hydrogens (tertiary/aromatic N) is 1. The highest BCUT2D eigenvalue weighted by molar-refractivity contribution is 8.18. The van der Waals surface area contributed by atoms with Crippen LogP contribution in [0, 0.1) is 0 Å². The van der Waals surface area contributed by atoms with Crippen molar-refractivity contribution < 1.29 is 13.9 Å². The summed E-state index contributed by atoms with van der Waals surface area (Å²) in [4.78, 5) is 17.5. The Morgan fingerprint density at radius 3 is 2.96 bits per heavy atom. The lowest BCUT2D eigenvalue weighted by atomic mass is 9.96. The molecule has 0 atom stereocenters. The molecule has 6 heteroatoms. The molecule has 1 aromatic heterocycles. The summed E-state index contributed by atoms with van der Waals surface area (Å²) in [7, 11) is 1.61. The first-order valence-electron chi connectivity index (χ1n) is 8.58. The van der Waals surface area contributed by atoms with E-state index in [2.05, 4.69) is 5.32 Å². The molecule has 25 heavy (non-hydrogen) atoms. The molecular formula is C19H20N2O3S. The first-order valence-corrected chi connectivity index (χ1v) is 9.40. The van der Waals surface area contributed by atoms with E-state index in [-0.39, 0.29) is 5.91 Å². The zero-order valence-electron chi connectivity index (χ0n) is 14.1. The summed E-state index contributed by atoms with van der Waals surface area (Å²) >= 11 is 1.39. The van der Waals surface area contributed by atoms with Crippen molar-refractivity contribution >= 4 is 39.9 Å². The number of ether oxygens (including phenoxy) is 1. The van der Waals surface area contributed by atoms with Gasteiger partial charge in [0.15, 0.2) is 16.5 Å². The lowest BCUT2D eigenvalue weighted by Crippen LogP contribution is -2.22. The molecule has 1 N–H and O–H groups in total. The van der Waals surface area contributed by atoms with E-state index in [9.17, 15) is 4.79 Å². The van der Waals surface area contributed by atoms with Crippen molar-refractivity contribution in [1.29, 1.82) is 0 Å². The van der Waals surface area contributed by atoms with Gasteiger partial charge in [0.05, 0.1) is 18.1 Å². The summed E-state index contributed by atoms with van der Waals surface area (Å²) in [5.41, 5.74) is 0.691. The van der Waals surface area contributed by atoms with Crippen molar-refractivity contribution in [2.24, 2.45) is 4.99 Å². The molecule has 2 fully saturated rings. The fraction of sp³-hybridized carbons (Fsp3) is 0.368. The largest absolute Gasteiger partial charge is 0.493 e. The van der Waals surface area contributed by atoms with Gasteiger partial charge in [0.2, 0.25) is 0 Å². The number of thioether (sulfide) groups is 1. The first-order chi connectivity index (χ1) is 12.2. The number of nitrogens with one attached hydrogen (secondary N) is 1. The smallest absolute Gasteiger partial charge is 0.264 e. The number of furan rings is 1. The van der Waals surface area contributed by atoms with E-state index in [1.54, 1.807) is 13.2 Å². The molecular weight excluding hydrogens is 336 g/mol. The van der Waals surface area contributed by atoms with Crippen LogP contribution in [0.1, 0.15) is 37.9 Å². The minimum atomic E-state index is -0.119. The van der Waals surface area contributed by atoms with Crippen LogP contribution in [0.4, 0.5) is 0 Å². The molecule has 4 rings (SSSR count). The second-order valence-corrected chi connectivity index (χ2v) is 7.35. The number of amidine groups is 1. The standard InChI is InChI=1S/C19H20N2O3S/c1-23-15-9-5-6-12-10-14(24-17(12)15)11-16-18(22)21-19(25-16)20-13-7-3-2-4-8-13/h5-6,9-11,13H,2-4,7-8H2,1H3,(H,20,21,22)/b16-11+. The van der Waals surface area contributed by atoms with Crippen LogP contribution >= 0.6 is 11.8 Å². The van der Waals surface area contributed by atoms with Crippen LogP contribution in [0.3, 0.4) is 0 Å². The normalized spacial score (nSPS) is 22.0. The molecule has 1 saturated carbocycles. The lowest BCUT2D eigenvalue weighted by molar-refractivity contribution is -0.115. The van der Waals surface area contributed by atoms with Gasteiger partial charge in [0.25, 0.3) is 5.91 Å². The van der Waals surface area contributed by atoms with Gasteiger partial charge in [-0.05, 0) is 36.7 Å². The number of para-hydroxylation sites is 1. The molecule has 2 aromatic rings. The second kappa shape index (κ2) is 6.96. The highest BCUT2D eigenvalue weighted by Gasteiger charge is 2.25. The van der Waals surface area contributed by atoms with Crippen LogP contribution in [0.25, 0.3) is 17.0 Å². The molecule has 0 unspecified atom stereocenters. The number of rotatable bonds is 3. The first kappa shape index (κ1) is 16.3. The van der Waals surface area contributed by atoms with Crippen LogP contribution in [-0.2, 0) is 4.79 Å². The van der Waals surface area contributed by atoms with Crippen molar-refractivity contribution in [3.63, 3.8) is 0 Å². The average Bonchev–Trinajstić information content (AvgIpc) is 3.18. The molecule has 1 aliphatic heterocycles. The number of carbonyl (C=O) groups excluding carboxylic acids is 1. The summed E-state index contributed by atoms with van der Waals surface area (Å²) in [6, 6.07) is 7.98. The summed E-state index contributed by atoms with van der Waals surface area (Å²) in [5, 5.41) is 4.52. The molecule has 0 radical (unpaired) electrons. The molecule has 2 aliphatic rings. The third-order valence-electron chi connectivity index (χ3n) is 4.55. The summed E-state index contributed by atoms with van der Waals surface area (Å²) in [6.07, 6.45) is 7.74. The van der Waals surface area contributed by atoms with Gasteiger partial charge in [0.1, 0.15) is 5.76 Å². The van der Waals surface area contributed by atoms with Crippen LogP contribution in [0.2, 0.25) is 0 Å². The van der Waals surface area contributed by atoms with Crippen molar-refractivity contribution in [2.45, 2.75) is 38.1 Å². The van der Waals surface area contributed by atoms with Gasteiger partial charge in [-0.3, -0.25) is 9.79 Å². The van der Waals surface area contributed by atoms with Gasteiger partial charge in [-0.25, -0.2) is 0 Å². The number of hydrogen-bond acceptors (Lipinski definition) is 5. The number of hydrogen-bond donors (Lipinski definition) is 1. The van der Waals surface area contributed by atoms with Gasteiger partial charge in [-0.1, -0.05) is 31.4 Å². The molecule has 0 bridgehead atoms. The van der Waals surface area contributed by atoms with E-state index in [1.807, 2.05) is 24.3 Å². The zero-order chi connectivity index (χ0) is 17.2. The van der Waals surface area contributed by atoms with Crippen LogP contribution in [-0.4, -0.2) is 24.2 Å². The highest BCUT2D eigenvalue weighted by Crippen LogP contribution is 2.32. The van der Waals surface area contributed by atoms with E-state index in [0.29, 0.717) is 33.2 Å². The number of amides is 1. The third kappa shape index (κ3) is 3.44. The van der Waals surface area contributed by atoms with Crippen molar-refractivity contribution in [3.8, 4) is 5.75 Å². The number of fused-ring (bicyclic) bond motifs is 1. The molecule has 5 nitrogen and oxygen atoms in total. The maximum atomic E-state index is 12.2. The fourth-order valence-electron chi connectivity index (χ4n) is 3.28. The van der Waals surface area contributed by atoms with E-state index in [1.165, 1.54) is 31.0 Å². The summed E-state index contributed by atoms with van der Waals surface area (Å²) in [6.45, 7) is 0. The number of aliphatic imine (C=N–C) groups is 1. The van der Waals surface area contributed by atoms with E-state index >= 15 is 0 Å². The van der Waals surface area contributed by atoms with Crippen LogP contribution in [0.5, 0.6) is 5.75 Å². The predicted molar refractivity (Wildman–Crippen MR) is 101 cm³/mol. The topological polar surface area (TPSA) is 63.8 Å². The summed E-state index contributed by atoms with van der Waals surface area (Å²) < 4.78 is 11.2. The maximum Gasteiger partial charge on any atom is 0.264 e. The minimum absolute atomic E-state index is 0.119. The number of carbonyl (C=O) groups is 1. The van der Waals surface area contributed by atoms with Crippen molar-refractivity contribution in [2.75, 3.05) is 7.11 Å². The minimum Gasteiger partial charge on any atom is -0.493 e. The van der Waals surface area contributed by atoms with E-state index < -0.39 is 0 Å². The Bertz CT molecular complexity index is 863. The Hall–Kier alpha value is -2.21. The van der Waals surface area contributed by atoms with Gasteiger partial charge < -0.3 is 14.5 Å². The van der Waals surface area contributed by atoms with Crippen molar-refractivity contribution in [1.82, 2.24) is 5.32 Å². The molecule has 1 aliphatic carbocycles. The number of methoxy groups -OCH3 is 1. The highest BCUT2D eigenvalue weighted by atomic mass is 32.2. The van der Waals surface area contributed by atoms with Crippen LogP contribution < -0.4 is 10.1 Å². The summed E-state index contributed by atoms with van der Waals surface area (Å²) in [5.74, 6) is 1.20. The van der Waals surface area contributed by atoms with Gasteiger partial charge in [0, 0.05) is 11.5 Å². The molecule has 2 heterocycles. The second-order valence-electron chi connectivity index (χ2n) is 6.32. The van der Waals surface area contributed by atoms with Gasteiger partial charge in [-0.2, -0.15) is 0 Å². The predicted octanol–water partition coefficient (Wildman–Crippen LogP) is 4.33. The van der Waals surface area contributed by atoms with Gasteiger partial charge >= 0.3 is 0 Å².